The molecule has 0 N–H and O–H groups in total. The van der Waals surface area contributed by atoms with Crippen LogP contribution < -0.4 is 0 Å². The second-order valence-corrected chi connectivity index (χ2v) is 7.28. The van der Waals surface area contributed by atoms with Gasteiger partial charge in [-0.3, -0.25) is 0 Å². The van der Waals surface area contributed by atoms with Gasteiger partial charge in [-0.15, -0.1) is 11.3 Å². The van der Waals surface area contributed by atoms with Gasteiger partial charge in [0.25, 0.3) is 0 Å². The molecule has 1 aromatic heterocycles. The lowest BCUT2D eigenvalue weighted by Gasteiger charge is -2.05. The Morgan fingerprint density at radius 3 is 3.00 bits per heavy atom. The smallest absolute Gasteiger partial charge is 0.153 e. The van der Waals surface area contributed by atoms with E-state index in [1.807, 2.05) is 5.38 Å². The third kappa shape index (κ3) is 2.49. The van der Waals surface area contributed by atoms with Crippen molar-refractivity contribution < 1.29 is 13.2 Å². The molecule has 4 nitrogen and oxygen atoms in total. The van der Waals surface area contributed by atoms with Crippen LogP contribution in [-0.2, 0) is 27.5 Å². The van der Waals surface area contributed by atoms with E-state index in [0.29, 0.717) is 18.6 Å². The average Bonchev–Trinajstić information content (AvgIpc) is 2.76. The van der Waals surface area contributed by atoms with E-state index in [4.69, 9.17) is 0 Å². The number of aromatic nitrogens is 1. The minimum absolute atomic E-state index is 0.261. The fourth-order valence-corrected chi connectivity index (χ4v) is 4.74. The van der Waals surface area contributed by atoms with Crippen molar-refractivity contribution in [3.05, 3.63) is 16.1 Å². The SMILES string of the molecule is O=CCc1csc(CC2CCCS2(=O)=O)n1. The number of nitrogens with zero attached hydrogens (tertiary/aromatic N) is 1. The predicted molar refractivity (Wildman–Crippen MR) is 62.4 cm³/mol. The van der Waals surface area contributed by atoms with Crippen LogP contribution in [0.2, 0.25) is 0 Å². The molecule has 2 rings (SSSR count). The Kier molecular flexibility index (Phi) is 3.39. The first-order valence-corrected chi connectivity index (χ1v) is 7.80. The summed E-state index contributed by atoms with van der Waals surface area (Å²) in [6, 6.07) is 0. The first-order valence-electron chi connectivity index (χ1n) is 5.20. The van der Waals surface area contributed by atoms with Crippen molar-refractivity contribution in [2.45, 2.75) is 30.9 Å². The van der Waals surface area contributed by atoms with Crippen LogP contribution in [0.5, 0.6) is 0 Å². The van der Waals surface area contributed by atoms with Gasteiger partial charge in [0.15, 0.2) is 9.84 Å². The number of carbonyl (C=O) groups is 1. The predicted octanol–water partition coefficient (Wildman–Crippen LogP) is 1.00. The molecule has 88 valence electrons. The lowest BCUT2D eigenvalue weighted by atomic mass is 10.2. The van der Waals surface area contributed by atoms with E-state index in [-0.39, 0.29) is 5.25 Å². The van der Waals surface area contributed by atoms with Crippen molar-refractivity contribution >= 4 is 27.5 Å². The zero-order valence-electron chi connectivity index (χ0n) is 8.76. The van der Waals surface area contributed by atoms with Gasteiger partial charge in [-0.2, -0.15) is 0 Å². The molecule has 1 aliphatic heterocycles. The van der Waals surface area contributed by atoms with Gasteiger partial charge >= 0.3 is 0 Å². The molecule has 0 aliphatic carbocycles. The molecule has 6 heteroatoms. The Labute approximate surface area is 98.6 Å². The van der Waals surface area contributed by atoms with Gasteiger partial charge in [-0.25, -0.2) is 13.4 Å². The Morgan fingerprint density at radius 1 is 1.56 bits per heavy atom. The van der Waals surface area contributed by atoms with Crippen LogP contribution in [0.4, 0.5) is 0 Å². The van der Waals surface area contributed by atoms with E-state index < -0.39 is 9.84 Å². The van der Waals surface area contributed by atoms with Crippen LogP contribution >= 0.6 is 11.3 Å². The molecule has 1 fully saturated rings. The van der Waals surface area contributed by atoms with Gasteiger partial charge in [-0.05, 0) is 12.8 Å². The van der Waals surface area contributed by atoms with E-state index in [2.05, 4.69) is 4.98 Å². The highest BCUT2D eigenvalue weighted by atomic mass is 32.2. The highest BCUT2D eigenvalue weighted by molar-refractivity contribution is 7.92. The average molecular weight is 259 g/mol. The number of thiazole rings is 1. The standard InChI is InChI=1S/C10H13NO3S2/c12-4-3-8-7-15-10(11-8)6-9-2-1-5-16(9,13)14/h4,7,9H,1-3,5-6H2. The molecule has 0 bridgehead atoms. The fourth-order valence-electron chi connectivity index (χ4n) is 1.90. The molecule has 0 saturated carbocycles. The van der Waals surface area contributed by atoms with Gasteiger partial charge in [0.2, 0.25) is 0 Å². The summed E-state index contributed by atoms with van der Waals surface area (Å²) in [4.78, 5) is 14.6. The monoisotopic (exact) mass is 259 g/mol. The number of hydrogen-bond donors (Lipinski definition) is 0. The quantitative estimate of drug-likeness (QED) is 0.757. The molecule has 1 aliphatic rings. The van der Waals surface area contributed by atoms with Crippen LogP contribution in [0.3, 0.4) is 0 Å². The third-order valence-corrected chi connectivity index (χ3v) is 5.95. The highest BCUT2D eigenvalue weighted by Crippen LogP contribution is 2.24. The van der Waals surface area contributed by atoms with Gasteiger partial charge in [0.1, 0.15) is 6.29 Å². The van der Waals surface area contributed by atoms with Crippen LogP contribution in [0.25, 0.3) is 0 Å². The van der Waals surface area contributed by atoms with Crippen LogP contribution in [0.1, 0.15) is 23.5 Å². The summed E-state index contributed by atoms with van der Waals surface area (Å²) < 4.78 is 23.2. The van der Waals surface area contributed by atoms with E-state index in [9.17, 15) is 13.2 Å². The first-order chi connectivity index (χ1) is 7.62. The normalized spacial score (nSPS) is 23.4. The molecule has 0 radical (unpaired) electrons. The van der Waals surface area contributed by atoms with Gasteiger partial charge < -0.3 is 4.79 Å². The van der Waals surface area contributed by atoms with Gasteiger partial charge in [-0.1, -0.05) is 0 Å². The second-order valence-electron chi connectivity index (χ2n) is 3.94. The zero-order valence-corrected chi connectivity index (χ0v) is 10.4. The minimum Gasteiger partial charge on any atom is -0.303 e. The Hall–Kier alpha value is -0.750. The summed E-state index contributed by atoms with van der Waals surface area (Å²) >= 11 is 1.44. The van der Waals surface area contributed by atoms with E-state index in [1.165, 1.54) is 11.3 Å². The number of hydrogen-bond acceptors (Lipinski definition) is 5. The summed E-state index contributed by atoms with van der Waals surface area (Å²) in [6.07, 6.45) is 3.13. The molecule has 1 unspecified atom stereocenters. The van der Waals surface area contributed by atoms with E-state index in [0.717, 1.165) is 29.8 Å². The van der Waals surface area contributed by atoms with Gasteiger partial charge in [0, 0.05) is 18.2 Å². The minimum atomic E-state index is -2.89. The van der Waals surface area contributed by atoms with E-state index in [1.54, 1.807) is 0 Å². The molecule has 1 saturated heterocycles. The highest BCUT2D eigenvalue weighted by Gasteiger charge is 2.31. The van der Waals surface area contributed by atoms with Crippen LogP contribution in [-0.4, -0.2) is 30.7 Å². The first kappa shape index (κ1) is 11.7. The summed E-state index contributed by atoms with van der Waals surface area (Å²) in [5, 5.41) is 2.39. The topological polar surface area (TPSA) is 64.1 Å². The van der Waals surface area contributed by atoms with Crippen molar-refractivity contribution in [1.82, 2.24) is 4.98 Å². The third-order valence-electron chi connectivity index (χ3n) is 2.76. The second kappa shape index (κ2) is 4.63. The Balaban J connectivity index is 2.06. The Bertz CT molecular complexity index is 478. The molecule has 0 aromatic carbocycles. The summed E-state index contributed by atoms with van der Waals surface area (Å²) in [6.45, 7) is 0. The zero-order chi connectivity index (χ0) is 11.6. The largest absolute Gasteiger partial charge is 0.303 e. The van der Waals surface area contributed by atoms with Crippen molar-refractivity contribution in [3.8, 4) is 0 Å². The van der Waals surface area contributed by atoms with Crippen molar-refractivity contribution in [3.63, 3.8) is 0 Å². The van der Waals surface area contributed by atoms with Crippen molar-refractivity contribution in [2.24, 2.45) is 0 Å². The van der Waals surface area contributed by atoms with Crippen molar-refractivity contribution in [1.29, 1.82) is 0 Å². The van der Waals surface area contributed by atoms with Crippen LogP contribution in [0.15, 0.2) is 5.38 Å². The summed E-state index contributed by atoms with van der Waals surface area (Å²) in [5.41, 5.74) is 0.741. The number of sulfone groups is 1. The number of aldehydes is 1. The lowest BCUT2D eigenvalue weighted by Crippen LogP contribution is -2.18. The molecular weight excluding hydrogens is 246 g/mol. The molecular formula is C10H13NO3S2. The van der Waals surface area contributed by atoms with E-state index >= 15 is 0 Å². The van der Waals surface area contributed by atoms with Crippen molar-refractivity contribution in [2.75, 3.05) is 5.75 Å². The lowest BCUT2D eigenvalue weighted by molar-refractivity contribution is -0.107. The molecule has 1 aromatic rings. The molecule has 1 atom stereocenters. The number of rotatable bonds is 4. The molecule has 2 heterocycles. The maximum absolute atomic E-state index is 11.6. The summed E-state index contributed by atoms with van der Waals surface area (Å²) in [7, 11) is -2.89. The molecule has 0 amide bonds. The Morgan fingerprint density at radius 2 is 2.38 bits per heavy atom. The fraction of sp³-hybridized carbons (Fsp3) is 0.600. The van der Waals surface area contributed by atoms with Crippen LogP contribution in [0, 0.1) is 0 Å². The number of carbonyl (C=O) groups excluding carboxylic acids is 1. The maximum Gasteiger partial charge on any atom is 0.153 e. The molecule has 16 heavy (non-hydrogen) atoms. The maximum atomic E-state index is 11.6. The summed E-state index contributed by atoms with van der Waals surface area (Å²) in [5.74, 6) is 0.310. The molecule has 0 spiro atoms. The van der Waals surface area contributed by atoms with Gasteiger partial charge in [0.05, 0.1) is 21.7 Å².